The second-order valence-electron chi connectivity index (χ2n) is 2.19. The van der Waals surface area contributed by atoms with Crippen molar-refractivity contribution >= 4 is 45.2 Å². The van der Waals surface area contributed by atoms with E-state index < -0.39 is 0 Å². The SMILES string of the molecule is Fc1cc(CI)ccc1CI. The Labute approximate surface area is 92.9 Å². The molecule has 0 atom stereocenters. The first kappa shape index (κ1) is 9.70. The predicted molar refractivity (Wildman–Crippen MR) is 61.8 cm³/mol. The fourth-order valence-electron chi connectivity index (χ4n) is 0.782. The second kappa shape index (κ2) is 4.59. The molecule has 0 spiro atoms. The molecule has 0 heterocycles. The molecule has 0 nitrogen and oxygen atoms in total. The van der Waals surface area contributed by atoms with E-state index in [1.54, 1.807) is 6.07 Å². The van der Waals surface area contributed by atoms with E-state index in [0.29, 0.717) is 0 Å². The van der Waals surface area contributed by atoms with Crippen LogP contribution < -0.4 is 0 Å². The minimum atomic E-state index is -0.0754. The van der Waals surface area contributed by atoms with Gasteiger partial charge in [0.1, 0.15) is 5.82 Å². The maximum atomic E-state index is 13.0. The molecular formula is C8H7FI2. The van der Waals surface area contributed by atoms with Crippen LogP contribution in [-0.4, -0.2) is 0 Å². The molecule has 0 aliphatic rings. The van der Waals surface area contributed by atoms with E-state index in [0.717, 1.165) is 20.0 Å². The average Bonchev–Trinajstić information content (AvgIpc) is 2.04. The van der Waals surface area contributed by atoms with E-state index in [-0.39, 0.29) is 5.82 Å². The Morgan fingerprint density at radius 3 is 2.36 bits per heavy atom. The van der Waals surface area contributed by atoms with Crippen LogP contribution in [0.5, 0.6) is 0 Å². The van der Waals surface area contributed by atoms with Gasteiger partial charge in [-0.25, -0.2) is 4.39 Å². The Balaban J connectivity index is 2.99. The fraction of sp³-hybridized carbons (Fsp3) is 0.250. The van der Waals surface area contributed by atoms with Gasteiger partial charge in [0.2, 0.25) is 0 Å². The summed E-state index contributed by atoms with van der Waals surface area (Å²) in [5.74, 6) is -0.0754. The van der Waals surface area contributed by atoms with E-state index >= 15 is 0 Å². The lowest BCUT2D eigenvalue weighted by atomic mass is 10.2. The van der Waals surface area contributed by atoms with Gasteiger partial charge in [0.15, 0.2) is 0 Å². The van der Waals surface area contributed by atoms with Crippen LogP contribution in [0.15, 0.2) is 18.2 Å². The minimum absolute atomic E-state index is 0.0754. The molecule has 1 aromatic rings. The van der Waals surface area contributed by atoms with Crippen molar-refractivity contribution in [1.82, 2.24) is 0 Å². The topological polar surface area (TPSA) is 0 Å². The van der Waals surface area contributed by atoms with Gasteiger partial charge in [-0.1, -0.05) is 57.3 Å². The van der Waals surface area contributed by atoms with E-state index in [1.807, 2.05) is 12.1 Å². The third-order valence-corrected chi connectivity index (χ3v) is 3.12. The Morgan fingerprint density at radius 2 is 1.91 bits per heavy atom. The highest BCUT2D eigenvalue weighted by atomic mass is 127. The molecule has 0 fully saturated rings. The summed E-state index contributed by atoms with van der Waals surface area (Å²) in [6, 6.07) is 5.44. The summed E-state index contributed by atoms with van der Waals surface area (Å²) in [4.78, 5) is 0. The van der Waals surface area contributed by atoms with Crippen LogP contribution in [-0.2, 0) is 8.86 Å². The molecule has 0 unspecified atom stereocenters. The first-order valence-electron chi connectivity index (χ1n) is 3.17. The van der Waals surface area contributed by atoms with Gasteiger partial charge in [-0.2, -0.15) is 0 Å². The number of hydrogen-bond donors (Lipinski definition) is 0. The van der Waals surface area contributed by atoms with Crippen LogP contribution in [0.1, 0.15) is 11.1 Å². The van der Waals surface area contributed by atoms with Crippen molar-refractivity contribution in [1.29, 1.82) is 0 Å². The quantitative estimate of drug-likeness (QED) is 0.546. The van der Waals surface area contributed by atoms with Gasteiger partial charge in [-0.05, 0) is 17.2 Å². The first-order valence-corrected chi connectivity index (χ1v) is 6.22. The molecule has 0 saturated carbocycles. The van der Waals surface area contributed by atoms with Gasteiger partial charge in [0, 0.05) is 8.86 Å². The van der Waals surface area contributed by atoms with Crippen molar-refractivity contribution in [2.75, 3.05) is 0 Å². The summed E-state index contributed by atoms with van der Waals surface area (Å²) in [5, 5.41) is 0. The van der Waals surface area contributed by atoms with Gasteiger partial charge >= 0.3 is 0 Å². The van der Waals surface area contributed by atoms with Crippen LogP contribution in [0.4, 0.5) is 4.39 Å². The van der Waals surface area contributed by atoms with Gasteiger partial charge in [-0.15, -0.1) is 0 Å². The second-order valence-corrected chi connectivity index (χ2v) is 3.72. The van der Waals surface area contributed by atoms with Crippen molar-refractivity contribution in [2.45, 2.75) is 8.86 Å². The van der Waals surface area contributed by atoms with Crippen molar-refractivity contribution in [3.8, 4) is 0 Å². The molecule has 1 rings (SSSR count). The normalized spacial score (nSPS) is 10.1. The molecule has 60 valence electrons. The highest BCUT2D eigenvalue weighted by Crippen LogP contribution is 2.15. The molecule has 0 amide bonds. The maximum absolute atomic E-state index is 13.0. The molecular weight excluding hydrogens is 369 g/mol. The zero-order valence-electron chi connectivity index (χ0n) is 5.78. The van der Waals surface area contributed by atoms with E-state index in [2.05, 4.69) is 45.2 Å². The van der Waals surface area contributed by atoms with E-state index in [4.69, 9.17) is 0 Å². The van der Waals surface area contributed by atoms with Crippen molar-refractivity contribution in [3.63, 3.8) is 0 Å². The number of hydrogen-bond acceptors (Lipinski definition) is 0. The molecule has 0 saturated heterocycles. The summed E-state index contributed by atoms with van der Waals surface area (Å²) in [6.45, 7) is 0. The molecule has 0 radical (unpaired) electrons. The molecule has 11 heavy (non-hydrogen) atoms. The molecule has 0 aliphatic carbocycles. The van der Waals surface area contributed by atoms with E-state index in [1.165, 1.54) is 0 Å². The van der Waals surface area contributed by atoms with Gasteiger partial charge < -0.3 is 0 Å². The summed E-state index contributed by atoms with van der Waals surface area (Å²) < 4.78 is 14.6. The highest BCUT2D eigenvalue weighted by molar-refractivity contribution is 14.1. The van der Waals surface area contributed by atoms with Crippen LogP contribution in [0.3, 0.4) is 0 Å². The molecule has 1 aromatic carbocycles. The summed E-state index contributed by atoms with van der Waals surface area (Å²) in [6.07, 6.45) is 0. The van der Waals surface area contributed by atoms with Crippen LogP contribution in [0, 0.1) is 5.82 Å². The third kappa shape index (κ3) is 2.54. The van der Waals surface area contributed by atoms with Crippen molar-refractivity contribution < 1.29 is 4.39 Å². The largest absolute Gasteiger partial charge is 0.207 e. The minimum Gasteiger partial charge on any atom is -0.207 e. The van der Waals surface area contributed by atoms with Gasteiger partial charge in [-0.3, -0.25) is 0 Å². The molecule has 0 aromatic heterocycles. The maximum Gasteiger partial charge on any atom is 0.127 e. The van der Waals surface area contributed by atoms with Crippen LogP contribution >= 0.6 is 45.2 Å². The predicted octanol–water partition coefficient (Wildman–Crippen LogP) is 3.70. The molecule has 0 bridgehead atoms. The Bertz CT molecular complexity index is 248. The molecule has 0 N–H and O–H groups in total. The standard InChI is InChI=1S/C8H7FI2/c9-8-3-6(4-10)1-2-7(8)5-11/h1-3H,4-5H2. The van der Waals surface area contributed by atoms with Gasteiger partial charge in [0.05, 0.1) is 0 Å². The van der Waals surface area contributed by atoms with Gasteiger partial charge in [0.25, 0.3) is 0 Å². The van der Waals surface area contributed by atoms with E-state index in [9.17, 15) is 4.39 Å². The third-order valence-electron chi connectivity index (χ3n) is 1.42. The number of rotatable bonds is 2. The monoisotopic (exact) mass is 376 g/mol. The van der Waals surface area contributed by atoms with Crippen molar-refractivity contribution in [3.05, 3.63) is 35.1 Å². The van der Waals surface area contributed by atoms with Crippen LogP contribution in [0.25, 0.3) is 0 Å². The van der Waals surface area contributed by atoms with Crippen LogP contribution in [0.2, 0.25) is 0 Å². The Morgan fingerprint density at radius 1 is 1.18 bits per heavy atom. The lowest BCUT2D eigenvalue weighted by Crippen LogP contribution is -1.87. The Kier molecular flexibility index (Phi) is 4.05. The summed E-state index contributed by atoms with van der Waals surface area (Å²) >= 11 is 4.39. The zero-order chi connectivity index (χ0) is 8.27. The number of benzene rings is 1. The smallest absolute Gasteiger partial charge is 0.127 e. The lowest BCUT2D eigenvalue weighted by Gasteiger charge is -1.99. The average molecular weight is 376 g/mol. The fourth-order valence-corrected chi connectivity index (χ4v) is 1.88. The molecule has 3 heteroatoms. The lowest BCUT2D eigenvalue weighted by molar-refractivity contribution is 0.617. The zero-order valence-corrected chi connectivity index (χ0v) is 10.1. The molecule has 0 aliphatic heterocycles. The Hall–Kier alpha value is 0.610. The number of alkyl halides is 2. The van der Waals surface area contributed by atoms with Crippen molar-refractivity contribution in [2.24, 2.45) is 0 Å². The number of halogens is 3. The summed E-state index contributed by atoms with van der Waals surface area (Å²) in [7, 11) is 0. The summed E-state index contributed by atoms with van der Waals surface area (Å²) in [5.41, 5.74) is 1.84. The first-order chi connectivity index (χ1) is 5.27. The highest BCUT2D eigenvalue weighted by Gasteiger charge is 2.00.